The van der Waals surface area contributed by atoms with Crippen molar-refractivity contribution in [3.63, 3.8) is 0 Å². The summed E-state index contributed by atoms with van der Waals surface area (Å²) in [7, 11) is 0. The largest absolute Gasteiger partial charge is 0.382 e. The molecule has 0 aliphatic carbocycles. The molecule has 3 rings (SSSR count). The maximum absolute atomic E-state index is 5.48. The fourth-order valence-electron chi connectivity index (χ4n) is 1.60. The van der Waals surface area contributed by atoms with Crippen molar-refractivity contribution in [1.29, 1.82) is 0 Å². The third kappa shape index (κ3) is 2.54. The second-order valence-corrected chi connectivity index (χ2v) is 3.94. The van der Waals surface area contributed by atoms with Crippen LogP contribution < -0.4 is 5.73 Å². The molecular weight excluding hydrogens is 242 g/mol. The second kappa shape index (κ2) is 4.81. The maximum atomic E-state index is 5.48. The van der Waals surface area contributed by atoms with Crippen molar-refractivity contribution in [2.75, 3.05) is 5.73 Å². The topological polar surface area (TPSA) is 95.4 Å². The minimum absolute atomic E-state index is 0.389. The van der Waals surface area contributed by atoms with Crippen molar-refractivity contribution in [3.8, 4) is 11.4 Å². The summed E-state index contributed by atoms with van der Waals surface area (Å²) in [6.07, 6.45) is 3.10. The lowest BCUT2D eigenvalue weighted by Gasteiger charge is -1.98. The monoisotopic (exact) mass is 253 g/mol. The average molecular weight is 253 g/mol. The van der Waals surface area contributed by atoms with E-state index in [9.17, 15) is 0 Å². The summed E-state index contributed by atoms with van der Waals surface area (Å²) in [5, 5.41) is 12.3. The molecule has 0 spiro atoms. The predicted molar refractivity (Wildman–Crippen MR) is 68.8 cm³/mol. The molecule has 0 bridgehead atoms. The Morgan fingerprint density at radius 3 is 2.63 bits per heavy atom. The molecule has 0 fully saturated rings. The van der Waals surface area contributed by atoms with Gasteiger partial charge in [-0.15, -0.1) is 10.2 Å². The van der Waals surface area contributed by atoms with Crippen LogP contribution >= 0.6 is 0 Å². The van der Waals surface area contributed by atoms with Crippen LogP contribution in [0.1, 0.15) is 5.69 Å². The lowest BCUT2D eigenvalue weighted by atomic mass is 10.2. The Bertz CT molecular complexity index is 660. The zero-order chi connectivity index (χ0) is 13.1. The van der Waals surface area contributed by atoms with Gasteiger partial charge in [-0.25, -0.2) is 4.98 Å². The number of nitrogen functional groups attached to an aromatic ring is 1. The average Bonchev–Trinajstić information content (AvgIpc) is 2.91. The van der Waals surface area contributed by atoms with Crippen molar-refractivity contribution in [2.45, 2.75) is 6.54 Å². The van der Waals surface area contributed by atoms with Crippen LogP contribution in [0.2, 0.25) is 0 Å². The lowest BCUT2D eigenvalue weighted by molar-refractivity contribution is 0.563. The van der Waals surface area contributed by atoms with Gasteiger partial charge in [0, 0.05) is 5.56 Å². The van der Waals surface area contributed by atoms with Crippen LogP contribution in [-0.2, 0) is 6.54 Å². The molecule has 0 aliphatic rings. The zero-order valence-corrected chi connectivity index (χ0v) is 10.0. The summed E-state index contributed by atoms with van der Waals surface area (Å²) in [6.45, 7) is 0.410. The van der Waals surface area contributed by atoms with E-state index in [4.69, 9.17) is 5.73 Å². The number of benzene rings is 1. The van der Waals surface area contributed by atoms with Crippen molar-refractivity contribution >= 4 is 5.82 Å². The van der Waals surface area contributed by atoms with Crippen molar-refractivity contribution in [1.82, 2.24) is 30.2 Å². The second-order valence-electron chi connectivity index (χ2n) is 3.94. The first kappa shape index (κ1) is 11.3. The summed E-state index contributed by atoms with van der Waals surface area (Å²) >= 11 is 0. The van der Waals surface area contributed by atoms with Crippen LogP contribution in [0.15, 0.2) is 42.7 Å². The Kier molecular flexibility index (Phi) is 2.85. The Hall–Kier alpha value is -2.83. The van der Waals surface area contributed by atoms with Gasteiger partial charge in [0.2, 0.25) is 5.82 Å². The van der Waals surface area contributed by atoms with Crippen molar-refractivity contribution in [2.24, 2.45) is 0 Å². The van der Waals surface area contributed by atoms with Crippen LogP contribution in [0, 0.1) is 0 Å². The number of anilines is 1. The summed E-state index contributed by atoms with van der Waals surface area (Å²) in [5.41, 5.74) is 7.13. The molecule has 2 N–H and O–H groups in total. The van der Waals surface area contributed by atoms with Gasteiger partial charge in [-0.05, 0) is 5.21 Å². The third-order valence-corrected chi connectivity index (χ3v) is 2.51. The van der Waals surface area contributed by atoms with E-state index in [-0.39, 0.29) is 0 Å². The Morgan fingerprint density at radius 1 is 1.05 bits per heavy atom. The van der Waals surface area contributed by atoms with Gasteiger partial charge in [0.05, 0.1) is 18.1 Å². The number of tetrazole rings is 1. The maximum Gasteiger partial charge on any atom is 0.204 e. The molecular formula is C12H11N7. The highest BCUT2D eigenvalue weighted by atomic mass is 15.6. The van der Waals surface area contributed by atoms with Gasteiger partial charge >= 0.3 is 0 Å². The molecule has 0 atom stereocenters. The van der Waals surface area contributed by atoms with Crippen LogP contribution in [0.3, 0.4) is 0 Å². The predicted octanol–water partition coefficient (Wildman–Crippen LogP) is 0.761. The molecule has 94 valence electrons. The molecule has 0 saturated heterocycles. The van der Waals surface area contributed by atoms with Gasteiger partial charge in [0.1, 0.15) is 12.4 Å². The minimum atomic E-state index is 0.389. The van der Waals surface area contributed by atoms with E-state index < -0.39 is 0 Å². The highest BCUT2D eigenvalue weighted by Gasteiger charge is 2.06. The minimum Gasteiger partial charge on any atom is -0.382 e. The van der Waals surface area contributed by atoms with E-state index in [1.807, 2.05) is 30.3 Å². The number of hydrogen-bond acceptors (Lipinski definition) is 6. The molecule has 0 unspecified atom stereocenters. The van der Waals surface area contributed by atoms with E-state index in [0.29, 0.717) is 18.2 Å². The van der Waals surface area contributed by atoms with Gasteiger partial charge in [-0.3, -0.25) is 4.98 Å². The Morgan fingerprint density at radius 2 is 1.89 bits per heavy atom. The van der Waals surface area contributed by atoms with Gasteiger partial charge in [-0.2, -0.15) is 4.80 Å². The molecule has 2 heterocycles. The molecule has 0 radical (unpaired) electrons. The molecule has 0 saturated carbocycles. The van der Waals surface area contributed by atoms with E-state index in [0.717, 1.165) is 11.3 Å². The molecule has 3 aromatic rings. The number of nitrogens with two attached hydrogens (primary N) is 1. The highest BCUT2D eigenvalue weighted by molar-refractivity contribution is 5.52. The fraction of sp³-hybridized carbons (Fsp3) is 0.0833. The summed E-state index contributed by atoms with van der Waals surface area (Å²) in [6, 6.07) is 9.68. The standard InChI is InChI=1S/C12H11N7/c13-11-7-14-10(6-15-11)8-19-17-12(16-18-19)9-4-2-1-3-5-9/h1-7H,8H2,(H2,13,15). The first-order chi connectivity index (χ1) is 9.31. The first-order valence-electron chi connectivity index (χ1n) is 5.71. The Balaban J connectivity index is 1.80. The number of nitrogens with zero attached hydrogens (tertiary/aromatic N) is 6. The molecule has 1 aromatic carbocycles. The van der Waals surface area contributed by atoms with Crippen LogP contribution in [0.25, 0.3) is 11.4 Å². The SMILES string of the molecule is Nc1cnc(Cn2nnc(-c3ccccc3)n2)cn1. The highest BCUT2D eigenvalue weighted by Crippen LogP contribution is 2.11. The summed E-state index contributed by atoms with van der Waals surface area (Å²) in [4.78, 5) is 9.58. The van der Waals surface area contributed by atoms with E-state index in [1.54, 1.807) is 6.20 Å². The molecule has 2 aromatic heterocycles. The van der Waals surface area contributed by atoms with Crippen molar-refractivity contribution in [3.05, 3.63) is 48.4 Å². The van der Waals surface area contributed by atoms with Gasteiger partial charge in [0.15, 0.2) is 0 Å². The van der Waals surface area contributed by atoms with E-state index in [2.05, 4.69) is 25.4 Å². The third-order valence-electron chi connectivity index (χ3n) is 2.51. The molecule has 7 nitrogen and oxygen atoms in total. The smallest absolute Gasteiger partial charge is 0.204 e. The molecule has 0 amide bonds. The van der Waals surface area contributed by atoms with Crippen molar-refractivity contribution < 1.29 is 0 Å². The van der Waals surface area contributed by atoms with Gasteiger partial charge < -0.3 is 5.73 Å². The van der Waals surface area contributed by atoms with Crippen LogP contribution in [0.5, 0.6) is 0 Å². The molecule has 19 heavy (non-hydrogen) atoms. The zero-order valence-electron chi connectivity index (χ0n) is 10.0. The van der Waals surface area contributed by atoms with E-state index in [1.165, 1.54) is 11.0 Å². The normalized spacial score (nSPS) is 10.5. The van der Waals surface area contributed by atoms with Gasteiger partial charge in [0.25, 0.3) is 0 Å². The fourth-order valence-corrected chi connectivity index (χ4v) is 1.60. The van der Waals surface area contributed by atoms with Crippen LogP contribution in [-0.4, -0.2) is 30.2 Å². The summed E-state index contributed by atoms with van der Waals surface area (Å²) < 4.78 is 0. The number of hydrogen-bond donors (Lipinski definition) is 1. The lowest BCUT2D eigenvalue weighted by Crippen LogP contribution is -2.06. The Labute approximate surface area is 109 Å². The summed E-state index contributed by atoms with van der Waals surface area (Å²) in [5.74, 6) is 0.976. The number of rotatable bonds is 3. The first-order valence-corrected chi connectivity index (χ1v) is 5.71. The quantitative estimate of drug-likeness (QED) is 0.740. The van der Waals surface area contributed by atoms with Crippen LogP contribution in [0.4, 0.5) is 5.82 Å². The number of aromatic nitrogens is 6. The molecule has 0 aliphatic heterocycles. The van der Waals surface area contributed by atoms with Gasteiger partial charge in [-0.1, -0.05) is 30.3 Å². The molecule has 7 heteroatoms. The van der Waals surface area contributed by atoms with E-state index >= 15 is 0 Å².